The summed E-state index contributed by atoms with van der Waals surface area (Å²) in [6.45, 7) is 4.73. The zero-order valence-corrected chi connectivity index (χ0v) is 20.7. The number of hydrogen-bond donors (Lipinski definition) is 0. The molecule has 2 unspecified atom stereocenters. The van der Waals surface area contributed by atoms with Crippen LogP contribution in [-0.2, 0) is 11.8 Å². The van der Waals surface area contributed by atoms with Crippen molar-refractivity contribution in [3.05, 3.63) is 102 Å². The second kappa shape index (κ2) is 8.86. The third-order valence-corrected chi connectivity index (χ3v) is 7.71. The normalized spacial score (nSPS) is 18.6. The Labute approximate surface area is 211 Å². The lowest BCUT2D eigenvalue weighted by Gasteiger charge is -2.39. The van der Waals surface area contributed by atoms with Crippen LogP contribution in [0.3, 0.4) is 0 Å². The highest BCUT2D eigenvalue weighted by Crippen LogP contribution is 2.43. The first-order valence-electron chi connectivity index (χ1n) is 12.6. The van der Waals surface area contributed by atoms with E-state index < -0.39 is 6.04 Å². The molecule has 0 spiro atoms. The molecule has 4 aromatic rings. The lowest BCUT2D eigenvalue weighted by Crippen LogP contribution is -2.55. The number of fused-ring (bicyclic) bond motifs is 2. The number of benzene rings is 3. The molecule has 2 aliphatic rings. The van der Waals surface area contributed by atoms with Gasteiger partial charge in [0.2, 0.25) is 5.91 Å². The molecule has 3 heterocycles. The SMILES string of the molecule is CC(C(=O)N1CCN(c2ccccc2)CC1)N1C(=O)c2ccccc2C1c1cn(C)c2ccccc12. The predicted molar refractivity (Wildman–Crippen MR) is 142 cm³/mol. The summed E-state index contributed by atoms with van der Waals surface area (Å²) in [7, 11) is 2.03. The van der Waals surface area contributed by atoms with Crippen LogP contribution < -0.4 is 4.90 Å². The number of carbonyl (C=O) groups excluding carboxylic acids is 2. The van der Waals surface area contributed by atoms with Gasteiger partial charge in [0.1, 0.15) is 6.04 Å². The number of anilines is 1. The summed E-state index contributed by atoms with van der Waals surface area (Å²) in [4.78, 5) is 33.5. The molecule has 0 aliphatic carbocycles. The maximum atomic E-state index is 13.8. The minimum Gasteiger partial charge on any atom is -0.368 e. The van der Waals surface area contributed by atoms with E-state index >= 15 is 0 Å². The van der Waals surface area contributed by atoms with Gasteiger partial charge in [-0.25, -0.2) is 0 Å². The molecule has 6 heteroatoms. The predicted octanol–water partition coefficient (Wildman–Crippen LogP) is 4.46. The lowest BCUT2D eigenvalue weighted by molar-refractivity contribution is -0.136. The van der Waals surface area contributed by atoms with Crippen molar-refractivity contribution >= 4 is 28.4 Å². The number of nitrogens with zero attached hydrogens (tertiary/aromatic N) is 4. The first-order chi connectivity index (χ1) is 17.5. The minimum absolute atomic E-state index is 0.00843. The molecule has 0 bridgehead atoms. The Hall–Kier alpha value is -4.06. The number of carbonyl (C=O) groups is 2. The van der Waals surface area contributed by atoms with Crippen molar-refractivity contribution in [2.24, 2.45) is 7.05 Å². The topological polar surface area (TPSA) is 48.8 Å². The Kier molecular flexibility index (Phi) is 5.52. The maximum Gasteiger partial charge on any atom is 0.255 e. The van der Waals surface area contributed by atoms with Gasteiger partial charge < -0.3 is 19.3 Å². The molecule has 1 aromatic heterocycles. The van der Waals surface area contributed by atoms with Gasteiger partial charge in [-0.3, -0.25) is 9.59 Å². The summed E-state index contributed by atoms with van der Waals surface area (Å²) in [5.41, 5.74) is 5.00. The van der Waals surface area contributed by atoms with Crippen LogP contribution in [0.2, 0.25) is 0 Å². The molecule has 0 radical (unpaired) electrons. The number of amides is 2. The molecule has 2 amide bonds. The van der Waals surface area contributed by atoms with E-state index in [1.54, 1.807) is 4.90 Å². The maximum absolute atomic E-state index is 13.8. The molecule has 2 aliphatic heterocycles. The van der Waals surface area contributed by atoms with Crippen LogP contribution in [0.25, 0.3) is 10.9 Å². The molecule has 2 atom stereocenters. The van der Waals surface area contributed by atoms with Gasteiger partial charge in [0.25, 0.3) is 5.91 Å². The molecule has 1 saturated heterocycles. The van der Waals surface area contributed by atoms with Gasteiger partial charge in [0.05, 0.1) is 6.04 Å². The smallest absolute Gasteiger partial charge is 0.255 e. The Bertz CT molecular complexity index is 1440. The second-order valence-electron chi connectivity index (χ2n) is 9.74. The van der Waals surface area contributed by atoms with Crippen molar-refractivity contribution in [2.45, 2.75) is 19.0 Å². The van der Waals surface area contributed by atoms with Crippen molar-refractivity contribution < 1.29 is 9.59 Å². The van der Waals surface area contributed by atoms with E-state index in [1.807, 2.05) is 73.5 Å². The number of hydrogen-bond acceptors (Lipinski definition) is 3. The quantitative estimate of drug-likeness (QED) is 0.435. The van der Waals surface area contributed by atoms with Gasteiger partial charge in [0.15, 0.2) is 0 Å². The highest BCUT2D eigenvalue weighted by atomic mass is 16.2. The number of piperazine rings is 1. The fraction of sp³-hybridized carbons (Fsp3) is 0.267. The largest absolute Gasteiger partial charge is 0.368 e. The molecule has 3 aromatic carbocycles. The first-order valence-corrected chi connectivity index (χ1v) is 12.6. The summed E-state index contributed by atoms with van der Waals surface area (Å²) in [6, 6.07) is 25.5. The van der Waals surface area contributed by atoms with Crippen LogP contribution in [0.1, 0.15) is 34.5 Å². The zero-order chi connectivity index (χ0) is 24.8. The summed E-state index contributed by atoms with van der Waals surface area (Å²) >= 11 is 0. The van der Waals surface area contributed by atoms with E-state index in [0.29, 0.717) is 18.7 Å². The van der Waals surface area contributed by atoms with Crippen LogP contribution in [0.15, 0.2) is 85.1 Å². The zero-order valence-electron chi connectivity index (χ0n) is 20.7. The van der Waals surface area contributed by atoms with Crippen molar-refractivity contribution in [1.82, 2.24) is 14.4 Å². The molecular formula is C30H30N4O2. The fourth-order valence-corrected chi connectivity index (χ4v) is 5.85. The van der Waals surface area contributed by atoms with Crippen LogP contribution in [-0.4, -0.2) is 58.4 Å². The van der Waals surface area contributed by atoms with Crippen molar-refractivity contribution in [1.29, 1.82) is 0 Å². The van der Waals surface area contributed by atoms with Gasteiger partial charge >= 0.3 is 0 Å². The molecule has 6 nitrogen and oxygen atoms in total. The van der Waals surface area contributed by atoms with E-state index in [4.69, 9.17) is 0 Å². The molecule has 0 N–H and O–H groups in total. The summed E-state index contributed by atoms with van der Waals surface area (Å²) in [5.74, 6) is -0.0681. The van der Waals surface area contributed by atoms with Gasteiger partial charge in [0, 0.05) is 67.1 Å². The molecule has 0 saturated carbocycles. The van der Waals surface area contributed by atoms with Gasteiger partial charge in [-0.1, -0.05) is 54.6 Å². The van der Waals surface area contributed by atoms with E-state index in [2.05, 4.69) is 39.9 Å². The average Bonchev–Trinajstić information content (AvgIpc) is 3.42. The summed E-state index contributed by atoms with van der Waals surface area (Å²) < 4.78 is 2.10. The second-order valence-corrected chi connectivity index (χ2v) is 9.74. The molecular weight excluding hydrogens is 448 g/mol. The Morgan fingerprint density at radius 3 is 2.28 bits per heavy atom. The first kappa shape index (κ1) is 22.4. The van der Waals surface area contributed by atoms with E-state index in [9.17, 15) is 9.59 Å². The fourth-order valence-electron chi connectivity index (χ4n) is 5.85. The van der Waals surface area contributed by atoms with Crippen LogP contribution in [0, 0.1) is 0 Å². The van der Waals surface area contributed by atoms with E-state index in [-0.39, 0.29) is 17.9 Å². The highest BCUT2D eigenvalue weighted by Gasteiger charge is 2.44. The number of aryl methyl sites for hydroxylation is 1. The third-order valence-electron chi connectivity index (χ3n) is 7.71. The number of para-hydroxylation sites is 2. The molecule has 36 heavy (non-hydrogen) atoms. The lowest BCUT2D eigenvalue weighted by atomic mass is 9.97. The highest BCUT2D eigenvalue weighted by molar-refractivity contribution is 6.03. The average molecular weight is 479 g/mol. The van der Waals surface area contributed by atoms with Crippen LogP contribution >= 0.6 is 0 Å². The van der Waals surface area contributed by atoms with Gasteiger partial charge in [-0.05, 0) is 36.8 Å². The summed E-state index contributed by atoms with van der Waals surface area (Å²) in [5, 5.41) is 1.11. The van der Waals surface area contributed by atoms with Crippen LogP contribution in [0.5, 0.6) is 0 Å². The van der Waals surface area contributed by atoms with Crippen LogP contribution in [0.4, 0.5) is 5.69 Å². The van der Waals surface area contributed by atoms with Crippen molar-refractivity contribution in [3.8, 4) is 0 Å². The Balaban J connectivity index is 1.31. The third kappa shape index (κ3) is 3.56. The van der Waals surface area contributed by atoms with Gasteiger partial charge in [-0.2, -0.15) is 0 Å². The van der Waals surface area contributed by atoms with Gasteiger partial charge in [-0.15, -0.1) is 0 Å². The molecule has 182 valence electrons. The van der Waals surface area contributed by atoms with E-state index in [0.717, 1.165) is 35.1 Å². The van der Waals surface area contributed by atoms with Crippen molar-refractivity contribution in [3.63, 3.8) is 0 Å². The number of rotatable bonds is 4. The van der Waals surface area contributed by atoms with E-state index in [1.165, 1.54) is 5.69 Å². The Morgan fingerprint density at radius 2 is 1.50 bits per heavy atom. The van der Waals surface area contributed by atoms with Crippen molar-refractivity contribution in [2.75, 3.05) is 31.1 Å². The molecule has 6 rings (SSSR count). The minimum atomic E-state index is -0.572. The number of aromatic nitrogens is 1. The monoisotopic (exact) mass is 478 g/mol. The molecule has 1 fully saturated rings. The Morgan fingerprint density at radius 1 is 0.833 bits per heavy atom. The summed E-state index contributed by atoms with van der Waals surface area (Å²) in [6.07, 6.45) is 2.10. The standard InChI is InChI=1S/C30H30N4O2/c1-21(29(35)33-18-16-32(17-19-33)22-10-4-3-5-11-22)34-28(24-13-6-7-14-25(24)30(34)36)26-20-31(2)27-15-9-8-12-23(26)27/h3-15,20-21,28H,16-19H2,1-2H3.